The third-order valence-electron chi connectivity index (χ3n) is 7.80. The van der Waals surface area contributed by atoms with Crippen molar-refractivity contribution in [3.8, 4) is 0 Å². The summed E-state index contributed by atoms with van der Waals surface area (Å²) in [5.41, 5.74) is 0. The van der Waals surface area contributed by atoms with Gasteiger partial charge >= 0.3 is 0 Å². The highest BCUT2D eigenvalue weighted by atomic mass is 15.6. The van der Waals surface area contributed by atoms with Gasteiger partial charge < -0.3 is 0 Å². The maximum Gasteiger partial charge on any atom is 0.0246 e. The SMILES string of the molecule is CCCCCCCC1CCCCCN(C2CCCCCCC2)N1CCCCCCC. The summed E-state index contributed by atoms with van der Waals surface area (Å²) in [7, 11) is 0. The number of rotatable bonds is 13. The molecule has 0 bridgehead atoms. The Morgan fingerprint density at radius 1 is 0.567 bits per heavy atom. The summed E-state index contributed by atoms with van der Waals surface area (Å²) in [4.78, 5) is 0. The van der Waals surface area contributed by atoms with Crippen molar-refractivity contribution < 1.29 is 0 Å². The van der Waals surface area contributed by atoms with Crippen LogP contribution in [0.5, 0.6) is 0 Å². The summed E-state index contributed by atoms with van der Waals surface area (Å²) in [5.74, 6) is 0. The van der Waals surface area contributed by atoms with E-state index in [-0.39, 0.29) is 0 Å². The Kier molecular flexibility index (Phi) is 15.2. The molecule has 1 heterocycles. The minimum absolute atomic E-state index is 0.823. The molecule has 1 unspecified atom stereocenters. The van der Waals surface area contributed by atoms with E-state index in [4.69, 9.17) is 0 Å². The van der Waals surface area contributed by atoms with Gasteiger partial charge in [0.2, 0.25) is 0 Å². The first kappa shape index (κ1) is 26.2. The smallest absolute Gasteiger partial charge is 0.0246 e. The van der Waals surface area contributed by atoms with E-state index >= 15 is 0 Å². The summed E-state index contributed by atoms with van der Waals surface area (Å²) in [5, 5.41) is 5.93. The van der Waals surface area contributed by atoms with Crippen LogP contribution in [0.2, 0.25) is 0 Å². The highest BCUT2D eigenvalue weighted by Crippen LogP contribution is 2.29. The molecule has 1 aliphatic carbocycles. The summed E-state index contributed by atoms with van der Waals surface area (Å²) in [6.45, 7) is 7.34. The highest BCUT2D eigenvalue weighted by Gasteiger charge is 2.30. The van der Waals surface area contributed by atoms with E-state index in [1.807, 2.05) is 0 Å². The molecule has 2 aliphatic rings. The van der Waals surface area contributed by atoms with E-state index in [1.165, 1.54) is 154 Å². The first-order chi connectivity index (χ1) is 14.9. The molecule has 2 fully saturated rings. The molecule has 0 spiro atoms. The number of hydrazine groups is 1. The van der Waals surface area contributed by atoms with Gasteiger partial charge in [0, 0.05) is 25.2 Å². The molecule has 1 saturated heterocycles. The van der Waals surface area contributed by atoms with Gasteiger partial charge in [-0.05, 0) is 38.5 Å². The number of hydrogen-bond donors (Lipinski definition) is 0. The molecule has 2 rings (SSSR count). The number of nitrogens with zero attached hydrogens (tertiary/aromatic N) is 2. The summed E-state index contributed by atoms with van der Waals surface area (Å²) in [6.07, 6.45) is 31.7. The van der Waals surface area contributed by atoms with E-state index in [2.05, 4.69) is 23.9 Å². The Hall–Kier alpha value is -0.0800. The van der Waals surface area contributed by atoms with E-state index in [0.717, 1.165) is 12.1 Å². The zero-order valence-corrected chi connectivity index (χ0v) is 21.0. The molecule has 0 N–H and O–H groups in total. The third kappa shape index (κ3) is 10.5. The molecule has 1 saturated carbocycles. The van der Waals surface area contributed by atoms with Gasteiger partial charge in [0.1, 0.15) is 0 Å². The fraction of sp³-hybridized carbons (Fsp3) is 1.00. The molecule has 2 nitrogen and oxygen atoms in total. The van der Waals surface area contributed by atoms with E-state index < -0.39 is 0 Å². The van der Waals surface area contributed by atoms with Crippen LogP contribution in [0.4, 0.5) is 0 Å². The fourth-order valence-corrected chi connectivity index (χ4v) is 5.91. The number of unbranched alkanes of at least 4 members (excludes halogenated alkanes) is 8. The summed E-state index contributed by atoms with van der Waals surface area (Å²) >= 11 is 0. The zero-order chi connectivity index (χ0) is 21.3. The van der Waals surface area contributed by atoms with Crippen molar-refractivity contribution in [2.45, 2.75) is 167 Å². The van der Waals surface area contributed by atoms with Crippen molar-refractivity contribution >= 4 is 0 Å². The summed E-state index contributed by atoms with van der Waals surface area (Å²) < 4.78 is 0. The molecule has 0 aromatic rings. The highest BCUT2D eigenvalue weighted by molar-refractivity contribution is 4.80. The molecule has 0 aromatic heterocycles. The Morgan fingerprint density at radius 2 is 1.13 bits per heavy atom. The molecule has 2 heteroatoms. The van der Waals surface area contributed by atoms with Gasteiger partial charge in [0.05, 0.1) is 0 Å². The van der Waals surface area contributed by atoms with Gasteiger partial charge in [-0.1, -0.05) is 117 Å². The van der Waals surface area contributed by atoms with Crippen LogP contribution in [0.25, 0.3) is 0 Å². The Morgan fingerprint density at radius 3 is 1.83 bits per heavy atom. The van der Waals surface area contributed by atoms with E-state index in [0.29, 0.717) is 0 Å². The molecule has 1 atom stereocenters. The summed E-state index contributed by atoms with van der Waals surface area (Å²) in [6, 6.07) is 1.66. The molecule has 178 valence electrons. The van der Waals surface area contributed by atoms with Crippen molar-refractivity contribution in [3.05, 3.63) is 0 Å². The number of hydrogen-bond acceptors (Lipinski definition) is 2. The van der Waals surface area contributed by atoms with Crippen LogP contribution in [0.3, 0.4) is 0 Å². The van der Waals surface area contributed by atoms with Crippen molar-refractivity contribution in [2.75, 3.05) is 13.1 Å². The van der Waals surface area contributed by atoms with Crippen molar-refractivity contribution in [3.63, 3.8) is 0 Å². The molecule has 0 radical (unpaired) electrons. The Balaban J connectivity index is 2.01. The Labute approximate surface area is 190 Å². The molecular formula is C28H56N2. The first-order valence-electron chi connectivity index (χ1n) is 14.4. The second-order valence-electron chi connectivity index (χ2n) is 10.4. The van der Waals surface area contributed by atoms with Crippen LogP contribution < -0.4 is 0 Å². The van der Waals surface area contributed by atoms with Gasteiger partial charge in [0.25, 0.3) is 0 Å². The van der Waals surface area contributed by atoms with Crippen molar-refractivity contribution in [2.24, 2.45) is 0 Å². The largest absolute Gasteiger partial charge is 0.238 e. The fourth-order valence-electron chi connectivity index (χ4n) is 5.91. The van der Waals surface area contributed by atoms with Gasteiger partial charge in [-0.15, -0.1) is 0 Å². The quantitative estimate of drug-likeness (QED) is 0.274. The molecule has 0 aromatic carbocycles. The lowest BCUT2D eigenvalue weighted by molar-refractivity contribution is -0.109. The van der Waals surface area contributed by atoms with Crippen molar-refractivity contribution in [1.29, 1.82) is 0 Å². The van der Waals surface area contributed by atoms with Crippen LogP contribution in [-0.4, -0.2) is 35.2 Å². The minimum atomic E-state index is 0.823. The van der Waals surface area contributed by atoms with E-state index in [1.54, 1.807) is 0 Å². The van der Waals surface area contributed by atoms with Gasteiger partial charge in [0.15, 0.2) is 0 Å². The maximum absolute atomic E-state index is 2.97. The molecule has 1 aliphatic heterocycles. The topological polar surface area (TPSA) is 6.48 Å². The predicted octanol–water partition coefficient (Wildman–Crippen LogP) is 8.89. The van der Waals surface area contributed by atoms with Crippen LogP contribution >= 0.6 is 0 Å². The standard InChI is InChI=1S/C28H56N2/c1-3-5-7-10-15-21-28-24-18-14-20-26-30(27-22-16-11-9-12-17-23-27)29(28)25-19-13-8-6-4-2/h27-28H,3-26H2,1-2H3. The average molecular weight is 421 g/mol. The molecular weight excluding hydrogens is 364 g/mol. The molecule has 0 amide bonds. The monoisotopic (exact) mass is 420 g/mol. The first-order valence-corrected chi connectivity index (χ1v) is 14.4. The lowest BCUT2D eigenvalue weighted by atomic mass is 9.94. The minimum Gasteiger partial charge on any atom is -0.238 e. The van der Waals surface area contributed by atoms with Gasteiger partial charge in [-0.25, -0.2) is 10.0 Å². The van der Waals surface area contributed by atoms with Gasteiger partial charge in [-0.2, -0.15) is 0 Å². The van der Waals surface area contributed by atoms with Crippen LogP contribution in [0.15, 0.2) is 0 Å². The van der Waals surface area contributed by atoms with Crippen LogP contribution in [-0.2, 0) is 0 Å². The second-order valence-corrected chi connectivity index (χ2v) is 10.4. The van der Waals surface area contributed by atoms with E-state index in [9.17, 15) is 0 Å². The lowest BCUT2D eigenvalue weighted by Crippen LogP contribution is -2.55. The molecule has 30 heavy (non-hydrogen) atoms. The third-order valence-corrected chi connectivity index (χ3v) is 7.80. The van der Waals surface area contributed by atoms with Gasteiger partial charge in [-0.3, -0.25) is 0 Å². The normalized spacial score (nSPS) is 23.6. The van der Waals surface area contributed by atoms with Crippen LogP contribution in [0.1, 0.15) is 155 Å². The van der Waals surface area contributed by atoms with Crippen molar-refractivity contribution in [1.82, 2.24) is 10.0 Å². The van der Waals surface area contributed by atoms with Crippen LogP contribution in [0, 0.1) is 0 Å². The Bertz CT molecular complexity index is 375. The predicted molar refractivity (Wildman–Crippen MR) is 134 cm³/mol. The maximum atomic E-state index is 2.97. The second kappa shape index (κ2) is 17.5. The lowest BCUT2D eigenvalue weighted by Gasteiger charge is -2.47. The zero-order valence-electron chi connectivity index (χ0n) is 21.0. The average Bonchev–Trinajstić information content (AvgIpc) is 2.71.